The van der Waals surface area contributed by atoms with Crippen LogP contribution in [0.25, 0.3) is 0 Å². The van der Waals surface area contributed by atoms with Crippen LogP contribution in [-0.2, 0) is 6.42 Å². The van der Waals surface area contributed by atoms with Gasteiger partial charge in [0.1, 0.15) is 0 Å². The highest BCUT2D eigenvalue weighted by atomic mass is 14.0. The summed E-state index contributed by atoms with van der Waals surface area (Å²) in [5, 5.41) is 0. The third-order valence-electron chi connectivity index (χ3n) is 2.81. The summed E-state index contributed by atoms with van der Waals surface area (Å²) < 4.78 is 0. The molecule has 17 heavy (non-hydrogen) atoms. The molecule has 1 aromatic rings. The lowest BCUT2D eigenvalue weighted by Gasteiger charge is -1.95. The van der Waals surface area contributed by atoms with Crippen molar-refractivity contribution in [3.05, 3.63) is 71.3 Å². The van der Waals surface area contributed by atoms with Crippen molar-refractivity contribution in [1.82, 2.24) is 0 Å². The van der Waals surface area contributed by atoms with Gasteiger partial charge in [-0.05, 0) is 37.8 Å². The lowest BCUT2D eigenvalue weighted by Crippen LogP contribution is -1.78. The molecule has 0 saturated carbocycles. The van der Waals surface area contributed by atoms with Crippen molar-refractivity contribution in [3.63, 3.8) is 0 Å². The first-order chi connectivity index (χ1) is 8.13. The van der Waals surface area contributed by atoms with Gasteiger partial charge in [-0.2, -0.15) is 0 Å². The second kappa shape index (κ2) is 6.90. The van der Waals surface area contributed by atoms with Crippen molar-refractivity contribution >= 4 is 0 Å². The molecule has 0 heteroatoms. The van der Waals surface area contributed by atoms with Gasteiger partial charge in [-0.1, -0.05) is 67.1 Å². The van der Waals surface area contributed by atoms with Crippen molar-refractivity contribution in [1.29, 1.82) is 0 Å². The molecule has 0 fully saturated rings. The molecule has 0 saturated heterocycles. The van der Waals surface area contributed by atoms with Gasteiger partial charge in [0.2, 0.25) is 0 Å². The Hall–Kier alpha value is -1.56. The van der Waals surface area contributed by atoms with Crippen LogP contribution in [0.1, 0.15) is 31.4 Å². The van der Waals surface area contributed by atoms with E-state index >= 15 is 0 Å². The van der Waals surface area contributed by atoms with E-state index in [4.69, 9.17) is 0 Å². The molecule has 0 aliphatic heterocycles. The summed E-state index contributed by atoms with van der Waals surface area (Å²) in [5.41, 5.74) is 5.34. The molecule has 1 aromatic carbocycles. The molecule has 0 nitrogen and oxygen atoms in total. The molecule has 0 spiro atoms. The topological polar surface area (TPSA) is 0 Å². The number of rotatable bonds is 2. The Kier molecular flexibility index (Phi) is 5.48. The minimum Gasteiger partial charge on any atom is -0.0958 e. The van der Waals surface area contributed by atoms with E-state index in [1.165, 1.54) is 22.3 Å². The summed E-state index contributed by atoms with van der Waals surface area (Å²) in [4.78, 5) is 0. The summed E-state index contributed by atoms with van der Waals surface area (Å²) in [6.07, 6.45) is 8.55. The molecule has 90 valence electrons. The summed E-state index contributed by atoms with van der Waals surface area (Å²) in [6, 6.07) is 8.61. The fraction of sp³-hybridized carbons (Fsp3) is 0.294. The van der Waals surface area contributed by atoms with Gasteiger partial charge in [-0.3, -0.25) is 0 Å². The fourth-order valence-corrected chi connectivity index (χ4v) is 1.70. The highest BCUT2D eigenvalue weighted by Gasteiger charge is 1.96. The Morgan fingerprint density at radius 2 is 2.12 bits per heavy atom. The Bertz CT molecular complexity index is 433. The normalized spacial score (nSPS) is 12.8. The molecule has 0 radical (unpaired) electrons. The summed E-state index contributed by atoms with van der Waals surface area (Å²) in [7, 11) is 0. The molecular weight excluding hydrogens is 204 g/mol. The number of aryl methyl sites for hydroxylation is 2. The van der Waals surface area contributed by atoms with Crippen LogP contribution in [0.2, 0.25) is 0 Å². The molecule has 0 bridgehead atoms. The summed E-state index contributed by atoms with van der Waals surface area (Å²) in [6.45, 7) is 10.2. The van der Waals surface area contributed by atoms with E-state index in [9.17, 15) is 0 Å². The first-order valence-corrected chi connectivity index (χ1v) is 6.20. The number of allylic oxidation sites excluding steroid dienone is 5. The highest BCUT2D eigenvalue weighted by molar-refractivity contribution is 5.36. The Labute approximate surface area is 105 Å². The molecule has 0 atom stereocenters. The van der Waals surface area contributed by atoms with Crippen LogP contribution in [0, 0.1) is 6.92 Å². The lowest BCUT2D eigenvalue weighted by atomic mass is 10.1. The van der Waals surface area contributed by atoms with Gasteiger partial charge in [-0.15, -0.1) is 0 Å². The van der Waals surface area contributed by atoms with E-state index < -0.39 is 0 Å². The van der Waals surface area contributed by atoms with Crippen molar-refractivity contribution in [2.24, 2.45) is 0 Å². The quantitative estimate of drug-likeness (QED) is 0.665. The van der Waals surface area contributed by atoms with Gasteiger partial charge in [-0.25, -0.2) is 0 Å². The first kappa shape index (κ1) is 13.5. The number of hydrogen-bond donors (Lipinski definition) is 0. The average molecular weight is 226 g/mol. The zero-order valence-corrected chi connectivity index (χ0v) is 11.2. The van der Waals surface area contributed by atoms with Gasteiger partial charge in [0, 0.05) is 0 Å². The zero-order valence-electron chi connectivity index (χ0n) is 11.2. The molecular formula is C17H22. The Morgan fingerprint density at radius 3 is 2.47 bits per heavy atom. The van der Waals surface area contributed by atoms with E-state index in [-0.39, 0.29) is 0 Å². The SMILES string of the molecule is C=C(C)C1=CC=CC1.CCc1cccc(C)c1. The predicted molar refractivity (Wildman–Crippen MR) is 77.2 cm³/mol. The summed E-state index contributed by atoms with van der Waals surface area (Å²) in [5.74, 6) is 0. The van der Waals surface area contributed by atoms with Crippen LogP contribution in [0.5, 0.6) is 0 Å². The molecule has 1 aliphatic carbocycles. The van der Waals surface area contributed by atoms with E-state index in [0.29, 0.717) is 0 Å². The van der Waals surface area contributed by atoms with Crippen molar-refractivity contribution in [3.8, 4) is 0 Å². The monoisotopic (exact) mass is 226 g/mol. The molecule has 0 amide bonds. The van der Waals surface area contributed by atoms with Crippen LogP contribution in [0.4, 0.5) is 0 Å². The van der Waals surface area contributed by atoms with Crippen molar-refractivity contribution < 1.29 is 0 Å². The van der Waals surface area contributed by atoms with Gasteiger partial charge < -0.3 is 0 Å². The minimum atomic E-state index is 1.08. The standard InChI is InChI=1S/C9H12.C8H10/c1-3-9-6-4-5-8(2)7-9;1-7(2)8-5-3-4-6-8/h4-7H,3H2,1-2H3;3-5H,1,6H2,2H3. The molecule has 0 N–H and O–H groups in total. The fourth-order valence-electron chi connectivity index (χ4n) is 1.70. The third kappa shape index (κ3) is 4.86. The molecule has 1 aliphatic rings. The summed E-state index contributed by atoms with van der Waals surface area (Å²) >= 11 is 0. The average Bonchev–Trinajstić information content (AvgIpc) is 2.83. The smallest absolute Gasteiger partial charge is 0.00919 e. The highest BCUT2D eigenvalue weighted by Crippen LogP contribution is 2.16. The third-order valence-corrected chi connectivity index (χ3v) is 2.81. The lowest BCUT2D eigenvalue weighted by molar-refractivity contribution is 1.13. The van der Waals surface area contributed by atoms with E-state index in [2.05, 4.69) is 62.9 Å². The maximum atomic E-state index is 3.83. The number of hydrogen-bond acceptors (Lipinski definition) is 0. The first-order valence-electron chi connectivity index (χ1n) is 6.20. The van der Waals surface area contributed by atoms with E-state index in [1.807, 2.05) is 6.92 Å². The minimum absolute atomic E-state index is 1.08. The van der Waals surface area contributed by atoms with Crippen LogP contribution in [0.15, 0.2) is 60.2 Å². The Morgan fingerprint density at radius 1 is 1.35 bits per heavy atom. The molecule has 0 heterocycles. The van der Waals surface area contributed by atoms with Gasteiger partial charge in [0.05, 0.1) is 0 Å². The maximum Gasteiger partial charge on any atom is -0.00919 e. The van der Waals surface area contributed by atoms with Crippen LogP contribution < -0.4 is 0 Å². The van der Waals surface area contributed by atoms with Gasteiger partial charge >= 0.3 is 0 Å². The van der Waals surface area contributed by atoms with Gasteiger partial charge in [0.15, 0.2) is 0 Å². The second-order valence-corrected chi connectivity index (χ2v) is 4.45. The molecule has 0 aromatic heterocycles. The predicted octanol–water partition coefficient (Wildman–Crippen LogP) is 5.01. The Balaban J connectivity index is 0.000000171. The van der Waals surface area contributed by atoms with E-state index in [0.717, 1.165) is 12.8 Å². The van der Waals surface area contributed by atoms with Crippen LogP contribution in [0.3, 0.4) is 0 Å². The van der Waals surface area contributed by atoms with E-state index in [1.54, 1.807) is 0 Å². The largest absolute Gasteiger partial charge is 0.0958 e. The maximum absolute atomic E-state index is 3.83. The zero-order chi connectivity index (χ0) is 12.7. The second-order valence-electron chi connectivity index (χ2n) is 4.45. The van der Waals surface area contributed by atoms with Crippen LogP contribution in [-0.4, -0.2) is 0 Å². The van der Waals surface area contributed by atoms with Crippen LogP contribution >= 0.6 is 0 Å². The molecule has 2 rings (SSSR count). The number of benzene rings is 1. The van der Waals surface area contributed by atoms with Crippen molar-refractivity contribution in [2.45, 2.75) is 33.6 Å². The van der Waals surface area contributed by atoms with Crippen molar-refractivity contribution in [2.75, 3.05) is 0 Å². The van der Waals surface area contributed by atoms with Gasteiger partial charge in [0.25, 0.3) is 0 Å². The molecule has 0 unspecified atom stereocenters.